The molecule has 1 saturated heterocycles. The van der Waals surface area contributed by atoms with Crippen molar-refractivity contribution in [2.45, 2.75) is 37.6 Å². The van der Waals surface area contributed by atoms with Crippen LogP contribution in [0.2, 0.25) is 5.02 Å². The van der Waals surface area contributed by atoms with Crippen molar-refractivity contribution in [3.8, 4) is 11.5 Å². The van der Waals surface area contributed by atoms with E-state index in [0.717, 1.165) is 17.7 Å². The number of hydrogen-bond donors (Lipinski definition) is 2. The molecule has 2 aliphatic heterocycles. The van der Waals surface area contributed by atoms with Gasteiger partial charge in [-0.2, -0.15) is 13.2 Å². The quantitative estimate of drug-likeness (QED) is 0.532. The number of methoxy groups -OCH3 is 2. The van der Waals surface area contributed by atoms with Crippen LogP contribution >= 0.6 is 11.6 Å². The number of nitrogens with one attached hydrogen (secondary N) is 2. The van der Waals surface area contributed by atoms with Crippen LogP contribution in [0.3, 0.4) is 0 Å². The summed E-state index contributed by atoms with van der Waals surface area (Å²) >= 11 is 5.70. The standard InChI is InChI=1S/C25H26ClF3N4O5/c1-36-20-6-3-15(11-21(20)37-2)14-30-22(34)19-13-24(38-32-19)7-9-33(10-8-24)23(35)31-18-5-4-16(26)12-17(18)25(27,28)29/h3-6,11-12H,7-10,13-14H2,1-2H3,(H,30,34)(H,31,35). The number of ether oxygens (including phenoxy) is 2. The summed E-state index contributed by atoms with van der Waals surface area (Å²) in [5.74, 6) is 0.743. The first-order chi connectivity index (χ1) is 18.0. The van der Waals surface area contributed by atoms with Gasteiger partial charge in [0.1, 0.15) is 11.3 Å². The molecule has 0 radical (unpaired) electrons. The van der Waals surface area contributed by atoms with E-state index in [0.29, 0.717) is 24.3 Å². The van der Waals surface area contributed by atoms with Gasteiger partial charge in [-0.25, -0.2) is 4.79 Å². The zero-order valence-electron chi connectivity index (χ0n) is 20.7. The Labute approximate surface area is 221 Å². The van der Waals surface area contributed by atoms with Crippen molar-refractivity contribution in [3.63, 3.8) is 0 Å². The number of carbonyl (C=O) groups excluding carboxylic acids is 2. The number of amides is 3. The molecule has 0 unspecified atom stereocenters. The molecule has 1 fully saturated rings. The number of piperidine rings is 1. The molecule has 0 bridgehead atoms. The highest BCUT2D eigenvalue weighted by Gasteiger charge is 2.44. The van der Waals surface area contributed by atoms with E-state index in [-0.39, 0.29) is 48.4 Å². The minimum Gasteiger partial charge on any atom is -0.493 e. The molecule has 2 aromatic carbocycles. The molecule has 0 atom stereocenters. The van der Waals surface area contributed by atoms with Gasteiger partial charge in [-0.3, -0.25) is 4.79 Å². The summed E-state index contributed by atoms with van der Waals surface area (Å²) in [7, 11) is 3.06. The summed E-state index contributed by atoms with van der Waals surface area (Å²) in [5, 5.41) is 9.02. The molecule has 2 heterocycles. The lowest BCUT2D eigenvalue weighted by molar-refractivity contribution is -0.136. The highest BCUT2D eigenvalue weighted by atomic mass is 35.5. The smallest absolute Gasteiger partial charge is 0.418 e. The van der Waals surface area contributed by atoms with Crippen molar-refractivity contribution in [1.29, 1.82) is 0 Å². The molecule has 38 heavy (non-hydrogen) atoms. The number of benzene rings is 2. The van der Waals surface area contributed by atoms with Gasteiger partial charge in [0, 0.05) is 43.9 Å². The van der Waals surface area contributed by atoms with Crippen molar-refractivity contribution in [2.24, 2.45) is 5.16 Å². The normalized spacial score (nSPS) is 16.5. The largest absolute Gasteiger partial charge is 0.493 e. The van der Waals surface area contributed by atoms with Crippen LogP contribution in [0.5, 0.6) is 11.5 Å². The summed E-state index contributed by atoms with van der Waals surface area (Å²) in [5.41, 5.74) is -1.10. The number of halogens is 4. The van der Waals surface area contributed by atoms with Crippen molar-refractivity contribution < 1.29 is 37.1 Å². The van der Waals surface area contributed by atoms with Crippen molar-refractivity contribution in [3.05, 3.63) is 52.5 Å². The number of carbonyl (C=O) groups is 2. The van der Waals surface area contributed by atoms with E-state index in [1.807, 2.05) is 0 Å². The average Bonchev–Trinajstić information content (AvgIpc) is 3.31. The van der Waals surface area contributed by atoms with E-state index in [4.69, 9.17) is 25.9 Å². The number of hydrogen-bond acceptors (Lipinski definition) is 6. The number of oxime groups is 1. The molecular weight excluding hydrogens is 529 g/mol. The third kappa shape index (κ3) is 6.07. The fraction of sp³-hybridized carbons (Fsp3) is 0.400. The van der Waals surface area contributed by atoms with Crippen LogP contribution in [0.15, 0.2) is 41.6 Å². The molecular formula is C25H26ClF3N4O5. The fourth-order valence-electron chi connectivity index (χ4n) is 4.36. The maximum Gasteiger partial charge on any atom is 0.418 e. The van der Waals surface area contributed by atoms with Crippen LogP contribution < -0.4 is 20.1 Å². The van der Waals surface area contributed by atoms with Gasteiger partial charge in [-0.15, -0.1) is 0 Å². The van der Waals surface area contributed by atoms with E-state index in [1.54, 1.807) is 18.2 Å². The van der Waals surface area contributed by atoms with E-state index >= 15 is 0 Å². The van der Waals surface area contributed by atoms with E-state index in [2.05, 4.69) is 15.8 Å². The van der Waals surface area contributed by atoms with Crippen LogP contribution in [-0.2, 0) is 22.4 Å². The van der Waals surface area contributed by atoms with Crippen LogP contribution in [0, 0.1) is 0 Å². The van der Waals surface area contributed by atoms with Gasteiger partial charge in [-0.05, 0) is 35.9 Å². The van der Waals surface area contributed by atoms with Gasteiger partial charge in [0.25, 0.3) is 5.91 Å². The first-order valence-corrected chi connectivity index (χ1v) is 12.1. The number of alkyl halides is 3. The van der Waals surface area contributed by atoms with Gasteiger partial charge in [0.05, 0.1) is 25.5 Å². The molecule has 0 aromatic heterocycles. The molecule has 13 heteroatoms. The number of nitrogens with zero attached hydrogens (tertiary/aromatic N) is 2. The molecule has 0 aliphatic carbocycles. The Bertz CT molecular complexity index is 1250. The molecule has 4 rings (SSSR count). The Hall–Kier alpha value is -3.67. The zero-order chi connectivity index (χ0) is 27.5. The Kier molecular flexibility index (Phi) is 7.91. The third-order valence-corrected chi connectivity index (χ3v) is 6.73. The monoisotopic (exact) mass is 554 g/mol. The summed E-state index contributed by atoms with van der Waals surface area (Å²) in [6.07, 6.45) is -3.69. The van der Waals surface area contributed by atoms with Crippen molar-refractivity contribution >= 4 is 34.9 Å². The van der Waals surface area contributed by atoms with Crippen LogP contribution in [0.25, 0.3) is 0 Å². The van der Waals surface area contributed by atoms with Gasteiger partial charge in [-0.1, -0.05) is 22.8 Å². The third-order valence-electron chi connectivity index (χ3n) is 6.49. The molecule has 0 saturated carbocycles. The molecule has 2 aromatic rings. The second-order valence-corrected chi connectivity index (χ2v) is 9.40. The van der Waals surface area contributed by atoms with E-state index in [1.165, 1.54) is 25.2 Å². The second kappa shape index (κ2) is 11.0. The zero-order valence-corrected chi connectivity index (χ0v) is 21.4. The minimum atomic E-state index is -4.68. The van der Waals surface area contributed by atoms with Gasteiger partial charge in [0.15, 0.2) is 11.5 Å². The van der Waals surface area contributed by atoms with Crippen LogP contribution in [-0.4, -0.2) is 55.5 Å². The van der Waals surface area contributed by atoms with Gasteiger partial charge in [0.2, 0.25) is 0 Å². The Balaban J connectivity index is 1.29. The molecule has 3 amide bonds. The summed E-state index contributed by atoms with van der Waals surface area (Å²) < 4.78 is 50.5. The summed E-state index contributed by atoms with van der Waals surface area (Å²) in [6.45, 7) is 0.678. The van der Waals surface area contributed by atoms with E-state index in [9.17, 15) is 22.8 Å². The van der Waals surface area contributed by atoms with Crippen molar-refractivity contribution in [2.75, 3.05) is 32.6 Å². The van der Waals surface area contributed by atoms with Crippen LogP contribution in [0.4, 0.5) is 23.7 Å². The first-order valence-electron chi connectivity index (χ1n) is 11.7. The summed E-state index contributed by atoms with van der Waals surface area (Å²) in [6, 6.07) is 7.80. The maximum atomic E-state index is 13.3. The predicted molar refractivity (Wildman–Crippen MR) is 134 cm³/mol. The van der Waals surface area contributed by atoms with Crippen molar-refractivity contribution in [1.82, 2.24) is 10.2 Å². The first kappa shape index (κ1) is 27.4. The van der Waals surface area contributed by atoms with E-state index < -0.39 is 23.4 Å². The predicted octanol–water partition coefficient (Wildman–Crippen LogP) is 4.84. The highest BCUT2D eigenvalue weighted by molar-refractivity contribution is 6.39. The molecule has 2 N–H and O–H groups in total. The Morgan fingerprint density at radius 1 is 1.11 bits per heavy atom. The molecule has 204 valence electrons. The number of likely N-dealkylation sites (tertiary alicyclic amines) is 1. The number of anilines is 1. The maximum absolute atomic E-state index is 13.3. The Morgan fingerprint density at radius 2 is 1.82 bits per heavy atom. The van der Waals surface area contributed by atoms with Gasteiger partial charge < -0.3 is 29.8 Å². The second-order valence-electron chi connectivity index (χ2n) is 8.97. The SMILES string of the molecule is COc1ccc(CNC(=O)C2=NOC3(CCN(C(=O)Nc4ccc(Cl)cc4C(F)(F)F)CC3)C2)cc1OC. The number of urea groups is 1. The topological polar surface area (TPSA) is 101 Å². The van der Waals surface area contributed by atoms with Crippen LogP contribution in [0.1, 0.15) is 30.4 Å². The summed E-state index contributed by atoms with van der Waals surface area (Å²) in [4.78, 5) is 32.4. The minimum absolute atomic E-state index is 0.0859. The van der Waals surface area contributed by atoms with Gasteiger partial charge >= 0.3 is 12.2 Å². The fourth-order valence-corrected chi connectivity index (χ4v) is 4.53. The molecule has 9 nitrogen and oxygen atoms in total. The Morgan fingerprint density at radius 3 is 2.47 bits per heavy atom. The lowest BCUT2D eigenvalue weighted by Gasteiger charge is -2.37. The molecule has 2 aliphatic rings. The lowest BCUT2D eigenvalue weighted by Crippen LogP contribution is -2.48. The molecule has 1 spiro atoms. The average molecular weight is 555 g/mol. The number of rotatable bonds is 6. The highest BCUT2D eigenvalue weighted by Crippen LogP contribution is 2.38. The lowest BCUT2D eigenvalue weighted by atomic mass is 9.87.